The van der Waals surface area contributed by atoms with E-state index in [9.17, 15) is 4.79 Å². The first-order valence-corrected chi connectivity index (χ1v) is 6.33. The highest BCUT2D eigenvalue weighted by molar-refractivity contribution is 7.09. The molecule has 0 aliphatic rings. The van der Waals surface area contributed by atoms with Gasteiger partial charge in [-0.1, -0.05) is 23.5 Å². The van der Waals surface area contributed by atoms with Gasteiger partial charge in [-0.05, 0) is 38.0 Å². The van der Waals surface area contributed by atoms with E-state index >= 15 is 0 Å². The summed E-state index contributed by atoms with van der Waals surface area (Å²) >= 11 is 1.30. The second kappa shape index (κ2) is 4.37. The summed E-state index contributed by atoms with van der Waals surface area (Å²) in [6.45, 7) is 6.55. The predicted octanol–water partition coefficient (Wildman–Crippen LogP) is 2.47. The lowest BCUT2D eigenvalue weighted by Crippen LogP contribution is -2.16. The zero-order chi connectivity index (χ0) is 12.6. The molecule has 0 atom stereocenters. The molecule has 0 amide bonds. The van der Waals surface area contributed by atoms with Crippen LogP contribution >= 0.6 is 11.3 Å². The van der Waals surface area contributed by atoms with E-state index in [1.165, 1.54) is 11.3 Å². The van der Waals surface area contributed by atoms with Crippen molar-refractivity contribution in [2.75, 3.05) is 5.73 Å². The molecule has 2 rings (SSSR count). The Bertz CT molecular complexity index is 610. The van der Waals surface area contributed by atoms with Gasteiger partial charge < -0.3 is 5.73 Å². The molecule has 0 saturated heterocycles. The van der Waals surface area contributed by atoms with Crippen LogP contribution in [0.3, 0.4) is 0 Å². The van der Waals surface area contributed by atoms with Crippen molar-refractivity contribution in [2.24, 2.45) is 0 Å². The van der Waals surface area contributed by atoms with Crippen LogP contribution < -0.4 is 10.6 Å². The summed E-state index contributed by atoms with van der Waals surface area (Å²) in [5, 5.41) is 0. The molecular formula is C13H16N2OS. The molecule has 2 aromatic rings. The van der Waals surface area contributed by atoms with Crippen LogP contribution in [-0.4, -0.2) is 4.57 Å². The lowest BCUT2D eigenvalue weighted by molar-refractivity contribution is 0.748. The number of thiazole rings is 1. The number of benzene rings is 1. The fourth-order valence-corrected chi connectivity index (χ4v) is 2.65. The monoisotopic (exact) mass is 248 g/mol. The van der Waals surface area contributed by atoms with Gasteiger partial charge in [-0.15, -0.1) is 0 Å². The predicted molar refractivity (Wildman–Crippen MR) is 72.7 cm³/mol. The average molecular weight is 248 g/mol. The van der Waals surface area contributed by atoms with Gasteiger partial charge in [-0.2, -0.15) is 0 Å². The smallest absolute Gasteiger partial charge is 0.307 e. The van der Waals surface area contributed by atoms with Crippen molar-refractivity contribution >= 4 is 17.0 Å². The lowest BCUT2D eigenvalue weighted by Gasteiger charge is -2.10. The summed E-state index contributed by atoms with van der Waals surface area (Å²) in [6.07, 6.45) is 0. The summed E-state index contributed by atoms with van der Waals surface area (Å²) in [4.78, 5) is 13.0. The fourth-order valence-electron chi connectivity index (χ4n) is 1.81. The third-order valence-corrected chi connectivity index (χ3v) is 4.19. The molecule has 1 aromatic carbocycles. The molecule has 0 radical (unpaired) electrons. The third kappa shape index (κ3) is 2.13. The summed E-state index contributed by atoms with van der Waals surface area (Å²) in [7, 11) is 0. The van der Waals surface area contributed by atoms with Crippen molar-refractivity contribution in [3.8, 4) is 0 Å². The van der Waals surface area contributed by atoms with E-state index in [1.807, 2.05) is 43.5 Å². The number of hydrogen-bond donors (Lipinski definition) is 1. The van der Waals surface area contributed by atoms with E-state index in [1.54, 1.807) is 0 Å². The average Bonchev–Trinajstić information content (AvgIpc) is 2.51. The number of anilines is 1. The van der Waals surface area contributed by atoms with Crippen LogP contribution in [0.1, 0.15) is 21.7 Å². The Labute approximate surface area is 105 Å². The van der Waals surface area contributed by atoms with Crippen LogP contribution in [0.15, 0.2) is 23.0 Å². The number of nitrogens with two attached hydrogens (primary N) is 1. The summed E-state index contributed by atoms with van der Waals surface area (Å²) < 4.78 is 1.81. The molecule has 0 aliphatic carbocycles. The van der Waals surface area contributed by atoms with E-state index in [4.69, 9.17) is 5.73 Å². The molecule has 1 aromatic heterocycles. The number of nitrogens with zero attached hydrogens (tertiary/aromatic N) is 1. The molecule has 0 spiro atoms. The zero-order valence-electron chi connectivity index (χ0n) is 10.3. The summed E-state index contributed by atoms with van der Waals surface area (Å²) in [5.41, 5.74) is 9.85. The van der Waals surface area contributed by atoms with E-state index in [0.29, 0.717) is 6.54 Å². The van der Waals surface area contributed by atoms with E-state index in [-0.39, 0.29) is 4.87 Å². The number of nitrogen functional groups attached to an aromatic ring is 1. The first-order chi connectivity index (χ1) is 8.00. The van der Waals surface area contributed by atoms with Gasteiger partial charge in [0.05, 0.1) is 6.54 Å². The van der Waals surface area contributed by atoms with Crippen molar-refractivity contribution in [1.82, 2.24) is 4.57 Å². The molecule has 0 bridgehead atoms. The normalized spacial score (nSPS) is 10.8. The molecule has 0 unspecified atom stereocenters. The van der Waals surface area contributed by atoms with E-state index in [0.717, 1.165) is 27.4 Å². The van der Waals surface area contributed by atoms with Crippen LogP contribution in [0.5, 0.6) is 0 Å². The lowest BCUT2D eigenvalue weighted by atomic mass is 10.1. The standard InChI is InChI=1S/C13H16N2OS/c1-8-11(5-4-6-12(8)14)7-15-9(2)10(3)17-13(15)16/h4-6H,7,14H2,1-3H3. The fraction of sp³-hybridized carbons (Fsp3) is 0.308. The molecule has 0 fully saturated rings. The number of rotatable bonds is 2. The highest BCUT2D eigenvalue weighted by atomic mass is 32.1. The van der Waals surface area contributed by atoms with Gasteiger partial charge >= 0.3 is 4.87 Å². The molecule has 17 heavy (non-hydrogen) atoms. The van der Waals surface area contributed by atoms with Crippen molar-refractivity contribution in [1.29, 1.82) is 0 Å². The molecule has 1 heterocycles. The van der Waals surface area contributed by atoms with Gasteiger partial charge in [-0.3, -0.25) is 9.36 Å². The highest BCUT2D eigenvalue weighted by Gasteiger charge is 2.09. The van der Waals surface area contributed by atoms with E-state index < -0.39 is 0 Å². The summed E-state index contributed by atoms with van der Waals surface area (Å²) in [5.74, 6) is 0. The maximum atomic E-state index is 11.8. The number of hydrogen-bond acceptors (Lipinski definition) is 3. The van der Waals surface area contributed by atoms with Crippen LogP contribution in [0.2, 0.25) is 0 Å². The van der Waals surface area contributed by atoms with Crippen LogP contribution in [0.4, 0.5) is 5.69 Å². The van der Waals surface area contributed by atoms with Crippen molar-refractivity contribution in [3.05, 3.63) is 49.6 Å². The van der Waals surface area contributed by atoms with Crippen LogP contribution in [0.25, 0.3) is 0 Å². The largest absolute Gasteiger partial charge is 0.399 e. The quantitative estimate of drug-likeness (QED) is 0.830. The van der Waals surface area contributed by atoms with Gasteiger partial charge in [-0.25, -0.2) is 0 Å². The Balaban J connectivity index is 2.45. The van der Waals surface area contributed by atoms with Crippen molar-refractivity contribution in [3.63, 3.8) is 0 Å². The minimum atomic E-state index is 0.0989. The van der Waals surface area contributed by atoms with Gasteiger partial charge in [0.1, 0.15) is 0 Å². The Morgan fingerprint density at radius 3 is 2.59 bits per heavy atom. The minimum absolute atomic E-state index is 0.0989. The second-order valence-corrected chi connectivity index (χ2v) is 5.39. The Hall–Kier alpha value is -1.55. The minimum Gasteiger partial charge on any atom is -0.399 e. The van der Waals surface area contributed by atoms with Gasteiger partial charge in [0.25, 0.3) is 0 Å². The molecule has 4 heteroatoms. The second-order valence-electron chi connectivity index (χ2n) is 4.23. The third-order valence-electron chi connectivity index (χ3n) is 3.19. The van der Waals surface area contributed by atoms with Gasteiger partial charge in [0.15, 0.2) is 0 Å². The Morgan fingerprint density at radius 2 is 2.00 bits per heavy atom. The maximum Gasteiger partial charge on any atom is 0.307 e. The van der Waals surface area contributed by atoms with Crippen LogP contribution in [-0.2, 0) is 6.54 Å². The zero-order valence-corrected chi connectivity index (χ0v) is 11.1. The highest BCUT2D eigenvalue weighted by Crippen LogP contribution is 2.18. The first kappa shape index (κ1) is 11.9. The van der Waals surface area contributed by atoms with Crippen molar-refractivity contribution in [2.45, 2.75) is 27.3 Å². The molecule has 90 valence electrons. The van der Waals surface area contributed by atoms with Gasteiger partial charge in [0, 0.05) is 16.3 Å². The Morgan fingerprint density at radius 1 is 1.29 bits per heavy atom. The van der Waals surface area contributed by atoms with Crippen LogP contribution in [0, 0.1) is 20.8 Å². The number of aryl methyl sites for hydroxylation is 1. The topological polar surface area (TPSA) is 48.0 Å². The maximum absolute atomic E-state index is 11.8. The molecule has 2 N–H and O–H groups in total. The number of aromatic nitrogens is 1. The Kier molecular flexibility index (Phi) is 3.07. The van der Waals surface area contributed by atoms with Gasteiger partial charge in [0.2, 0.25) is 0 Å². The first-order valence-electron chi connectivity index (χ1n) is 5.51. The molecule has 0 saturated carbocycles. The molecule has 0 aliphatic heterocycles. The molecular weight excluding hydrogens is 232 g/mol. The van der Waals surface area contributed by atoms with E-state index in [2.05, 4.69) is 0 Å². The SMILES string of the molecule is Cc1sc(=O)n(Cc2cccc(N)c2C)c1C. The van der Waals surface area contributed by atoms with Crippen molar-refractivity contribution < 1.29 is 0 Å². The molecule has 3 nitrogen and oxygen atoms in total. The summed E-state index contributed by atoms with van der Waals surface area (Å²) in [6, 6.07) is 5.83.